The summed E-state index contributed by atoms with van der Waals surface area (Å²) in [7, 11) is 0. The zero-order valence-electron chi connectivity index (χ0n) is 10.4. The van der Waals surface area contributed by atoms with Gasteiger partial charge in [-0.05, 0) is 33.4 Å². The van der Waals surface area contributed by atoms with E-state index in [0.717, 1.165) is 20.3 Å². The van der Waals surface area contributed by atoms with E-state index in [-0.39, 0.29) is 6.15 Å². The summed E-state index contributed by atoms with van der Waals surface area (Å²) in [5, 5.41) is 30.8. The van der Waals surface area contributed by atoms with Gasteiger partial charge in [-0.25, -0.2) is 9.59 Å². The first-order chi connectivity index (χ1) is 9.23. The van der Waals surface area contributed by atoms with Crippen molar-refractivity contribution in [1.82, 2.24) is 11.1 Å². The van der Waals surface area contributed by atoms with Crippen molar-refractivity contribution in [2.75, 3.05) is 0 Å². The molecule has 0 saturated carbocycles. The first kappa shape index (κ1) is 21.2. The highest BCUT2D eigenvalue weighted by Crippen LogP contribution is 2.24. The molecule has 0 aliphatic carbocycles. The highest BCUT2D eigenvalue weighted by molar-refractivity contribution is 9.10. The van der Waals surface area contributed by atoms with Crippen molar-refractivity contribution in [1.29, 1.82) is 0 Å². The molecule has 0 unspecified atom stereocenters. The van der Waals surface area contributed by atoms with Crippen molar-refractivity contribution >= 4 is 50.6 Å². The monoisotopic (exact) mass is 382 g/mol. The summed E-state index contributed by atoms with van der Waals surface area (Å²) in [6.45, 7) is 0. The van der Waals surface area contributed by atoms with E-state index in [2.05, 4.69) is 20.9 Å². The van der Waals surface area contributed by atoms with Gasteiger partial charge in [-0.1, -0.05) is 17.7 Å². The Morgan fingerprint density at radius 3 is 2.00 bits per heavy atom. The van der Waals surface area contributed by atoms with E-state index in [0.29, 0.717) is 0 Å². The van der Waals surface area contributed by atoms with Crippen LogP contribution in [0, 0.1) is 0 Å². The molecule has 2 rings (SSSR count). The van der Waals surface area contributed by atoms with Crippen LogP contribution in [0.5, 0.6) is 0 Å². The molecule has 21 heavy (non-hydrogen) atoms. The zero-order chi connectivity index (χ0) is 15.7. The Labute approximate surface area is 132 Å². The summed E-state index contributed by atoms with van der Waals surface area (Å²) in [4.78, 5) is 21.2. The van der Waals surface area contributed by atoms with Crippen LogP contribution < -0.4 is 6.15 Å². The maximum Gasteiger partial charge on any atom is 0.503 e. The Morgan fingerprint density at radius 1 is 1.05 bits per heavy atom. The minimum absolute atomic E-state index is 0. The van der Waals surface area contributed by atoms with Gasteiger partial charge in [-0.2, -0.15) is 0 Å². The van der Waals surface area contributed by atoms with Gasteiger partial charge in [-0.15, -0.1) is 0 Å². The normalized spacial score (nSPS) is 8.29. The Bertz CT molecular complexity index is 590. The van der Waals surface area contributed by atoms with Crippen molar-refractivity contribution in [3.05, 3.63) is 40.1 Å². The summed E-state index contributed by atoms with van der Waals surface area (Å²) < 4.78 is 0.997. The molecule has 0 spiro atoms. The van der Waals surface area contributed by atoms with Gasteiger partial charge in [0.25, 0.3) is 0 Å². The molecule has 0 fully saturated rings. The van der Waals surface area contributed by atoms with E-state index in [1.165, 1.54) is 0 Å². The number of carboxylic acid groups (broad SMARTS) is 4. The quantitative estimate of drug-likeness (QED) is 0.450. The fraction of sp³-hybridized carbons (Fsp3) is 0. The zero-order valence-corrected chi connectivity index (χ0v) is 12.7. The van der Waals surface area contributed by atoms with Gasteiger partial charge in [0.15, 0.2) is 0 Å². The SMILES string of the molecule is Clc1ccc2c(Br)cncc2c1.N.O=C(O)O.O=C(O)O. The van der Waals surface area contributed by atoms with E-state index in [1.54, 1.807) is 12.4 Å². The third kappa shape index (κ3) is 10.4. The molecule has 1 aromatic heterocycles. The predicted molar refractivity (Wildman–Crippen MR) is 80.8 cm³/mol. The van der Waals surface area contributed by atoms with Crippen LogP contribution in [0.25, 0.3) is 10.8 Å². The molecule has 0 aliphatic rings. The van der Waals surface area contributed by atoms with E-state index < -0.39 is 12.3 Å². The number of hydrogen-bond acceptors (Lipinski definition) is 4. The van der Waals surface area contributed by atoms with Gasteiger partial charge in [0, 0.05) is 27.3 Å². The predicted octanol–water partition coefficient (Wildman–Crippen LogP) is 4.26. The van der Waals surface area contributed by atoms with Gasteiger partial charge in [0.2, 0.25) is 0 Å². The van der Waals surface area contributed by atoms with Gasteiger partial charge < -0.3 is 26.6 Å². The lowest BCUT2D eigenvalue weighted by Gasteiger charge is -1.98. The average Bonchev–Trinajstić information content (AvgIpc) is 2.27. The first-order valence-electron chi connectivity index (χ1n) is 4.76. The topological polar surface area (TPSA) is 163 Å². The first-order valence-corrected chi connectivity index (χ1v) is 5.93. The molecule has 1 heterocycles. The molecule has 8 nitrogen and oxygen atoms in total. The average molecular weight is 384 g/mol. The van der Waals surface area contributed by atoms with Gasteiger partial charge >= 0.3 is 12.3 Å². The smallest absolute Gasteiger partial charge is 0.450 e. The summed E-state index contributed by atoms with van der Waals surface area (Å²) in [5.74, 6) is 0. The Hall–Kier alpha value is -2.10. The number of halogens is 2. The molecule has 0 aliphatic heterocycles. The van der Waals surface area contributed by atoms with Crippen LogP contribution in [-0.4, -0.2) is 37.7 Å². The Balaban J connectivity index is 0. The Kier molecular flexibility index (Phi) is 10.8. The number of nitrogens with zero attached hydrogens (tertiary/aromatic N) is 1. The third-order valence-corrected chi connectivity index (χ3v) is 2.54. The number of carbonyl (C=O) groups is 2. The molecular weight excluding hydrogens is 371 g/mol. The number of hydrogen-bond donors (Lipinski definition) is 5. The molecule has 2 aromatic rings. The molecule has 0 bridgehead atoms. The van der Waals surface area contributed by atoms with Crippen molar-refractivity contribution < 1.29 is 30.0 Å². The van der Waals surface area contributed by atoms with Crippen LogP contribution in [0.4, 0.5) is 9.59 Å². The molecule has 7 N–H and O–H groups in total. The van der Waals surface area contributed by atoms with Crippen LogP contribution in [0.2, 0.25) is 5.02 Å². The number of aromatic nitrogens is 1. The van der Waals surface area contributed by atoms with Crippen molar-refractivity contribution in [3.63, 3.8) is 0 Å². The molecule has 10 heteroatoms. The number of rotatable bonds is 0. The van der Waals surface area contributed by atoms with Crippen molar-refractivity contribution in [2.45, 2.75) is 0 Å². The molecule has 0 saturated heterocycles. The van der Waals surface area contributed by atoms with Gasteiger partial charge in [0.1, 0.15) is 0 Å². The lowest BCUT2D eigenvalue weighted by molar-refractivity contribution is 0.135. The highest BCUT2D eigenvalue weighted by atomic mass is 79.9. The maximum atomic E-state index is 8.56. The van der Waals surface area contributed by atoms with Crippen LogP contribution >= 0.6 is 27.5 Å². The summed E-state index contributed by atoms with van der Waals surface area (Å²) >= 11 is 9.24. The van der Waals surface area contributed by atoms with Gasteiger partial charge in [0.05, 0.1) is 0 Å². The van der Waals surface area contributed by atoms with Crippen LogP contribution in [-0.2, 0) is 0 Å². The number of benzene rings is 1. The lowest BCUT2D eigenvalue weighted by Crippen LogP contribution is -1.81. The minimum Gasteiger partial charge on any atom is -0.450 e. The molecular formula is C11H12BrClN2O6. The van der Waals surface area contributed by atoms with E-state index in [1.807, 2.05) is 18.2 Å². The van der Waals surface area contributed by atoms with Crippen LogP contribution in [0.3, 0.4) is 0 Å². The standard InChI is InChI=1S/C9H5BrClN.2CH2O3.H3N/c10-9-5-12-4-6-3-7(11)1-2-8(6)9;2*2-1(3)4;/h1-5H;2*(H2,2,3,4);1H3. The minimum atomic E-state index is -1.83. The van der Waals surface area contributed by atoms with Crippen LogP contribution in [0.15, 0.2) is 35.1 Å². The van der Waals surface area contributed by atoms with Gasteiger partial charge in [-0.3, -0.25) is 4.98 Å². The fourth-order valence-corrected chi connectivity index (χ4v) is 1.77. The Morgan fingerprint density at radius 2 is 1.52 bits per heavy atom. The second kappa shape index (κ2) is 10.7. The lowest BCUT2D eigenvalue weighted by atomic mass is 10.2. The largest absolute Gasteiger partial charge is 0.503 e. The summed E-state index contributed by atoms with van der Waals surface area (Å²) in [6, 6.07) is 5.74. The molecule has 1 aromatic carbocycles. The second-order valence-electron chi connectivity index (χ2n) is 3.05. The summed E-state index contributed by atoms with van der Waals surface area (Å²) in [5.41, 5.74) is 0. The van der Waals surface area contributed by atoms with Crippen molar-refractivity contribution in [3.8, 4) is 0 Å². The highest BCUT2D eigenvalue weighted by Gasteiger charge is 1.97. The molecule has 0 atom stereocenters. The molecule has 0 amide bonds. The van der Waals surface area contributed by atoms with Crippen LogP contribution in [0.1, 0.15) is 0 Å². The second-order valence-corrected chi connectivity index (χ2v) is 4.34. The van der Waals surface area contributed by atoms with E-state index in [9.17, 15) is 0 Å². The molecule has 0 radical (unpaired) electrons. The fourth-order valence-electron chi connectivity index (χ4n) is 1.11. The maximum absolute atomic E-state index is 8.56. The summed E-state index contributed by atoms with van der Waals surface area (Å²) in [6.07, 6.45) is -0.0950. The van der Waals surface area contributed by atoms with Crippen molar-refractivity contribution in [2.24, 2.45) is 0 Å². The van der Waals surface area contributed by atoms with E-state index in [4.69, 9.17) is 41.6 Å². The molecule has 116 valence electrons. The van der Waals surface area contributed by atoms with E-state index >= 15 is 0 Å². The number of pyridine rings is 1. The third-order valence-electron chi connectivity index (χ3n) is 1.67. The number of fused-ring (bicyclic) bond motifs is 1.